The number of likely N-dealkylation sites (N-methyl/N-ethyl adjacent to an activating group) is 2. The third kappa shape index (κ3) is 3.20. The van der Waals surface area contributed by atoms with Crippen molar-refractivity contribution in [3.8, 4) is 0 Å². The monoisotopic (exact) mass is 267 g/mol. The van der Waals surface area contributed by atoms with Crippen molar-refractivity contribution in [2.24, 2.45) is 0 Å². The molecule has 0 spiro atoms. The summed E-state index contributed by atoms with van der Waals surface area (Å²) in [5.41, 5.74) is 0.341. The second-order valence-corrected chi connectivity index (χ2v) is 5.08. The van der Waals surface area contributed by atoms with E-state index in [2.05, 4.69) is 11.9 Å². The predicted octanol–water partition coefficient (Wildman–Crippen LogP) is 2.26. The van der Waals surface area contributed by atoms with Gasteiger partial charge in [-0.1, -0.05) is 0 Å². The summed E-state index contributed by atoms with van der Waals surface area (Å²) in [7, 11) is 3.91. The lowest BCUT2D eigenvalue weighted by atomic mass is 10.2. The Morgan fingerprint density at radius 1 is 1.53 bits per heavy atom. The molecule has 1 unspecified atom stereocenters. The molecule has 5 nitrogen and oxygen atoms in total. The predicted molar refractivity (Wildman–Crippen MR) is 72.0 cm³/mol. The van der Waals surface area contributed by atoms with Crippen LogP contribution >= 0.6 is 0 Å². The number of benzene rings is 1. The summed E-state index contributed by atoms with van der Waals surface area (Å²) in [4.78, 5) is 14.3. The number of halogens is 1. The van der Waals surface area contributed by atoms with E-state index in [-0.39, 0.29) is 5.69 Å². The van der Waals surface area contributed by atoms with Crippen molar-refractivity contribution in [3.05, 3.63) is 34.1 Å². The van der Waals surface area contributed by atoms with E-state index in [1.165, 1.54) is 12.1 Å². The molecule has 1 aliphatic rings. The van der Waals surface area contributed by atoms with Crippen molar-refractivity contribution in [1.29, 1.82) is 0 Å². The average molecular weight is 267 g/mol. The fraction of sp³-hybridized carbons (Fsp3) is 0.538. The summed E-state index contributed by atoms with van der Waals surface area (Å²) in [5.74, 6) is -0.573. The minimum Gasteiger partial charge on any atom is -0.373 e. The maximum Gasteiger partial charge on any atom is 0.274 e. The average Bonchev–Trinajstić information content (AvgIpc) is 2.74. The largest absolute Gasteiger partial charge is 0.373 e. The van der Waals surface area contributed by atoms with Crippen molar-refractivity contribution in [3.63, 3.8) is 0 Å². The normalized spacial score (nSPS) is 19.6. The van der Waals surface area contributed by atoms with Crippen LogP contribution in [0.3, 0.4) is 0 Å². The zero-order valence-electron chi connectivity index (χ0n) is 11.2. The zero-order chi connectivity index (χ0) is 14.0. The molecule has 0 aliphatic carbocycles. The molecule has 1 fully saturated rings. The number of rotatable bonds is 4. The van der Waals surface area contributed by atoms with Gasteiger partial charge in [-0.2, -0.15) is 0 Å². The molecule has 19 heavy (non-hydrogen) atoms. The molecule has 1 aromatic carbocycles. The smallest absolute Gasteiger partial charge is 0.274 e. The van der Waals surface area contributed by atoms with Gasteiger partial charge in [0.05, 0.1) is 11.0 Å². The lowest BCUT2D eigenvalue weighted by molar-refractivity contribution is -0.385. The number of nitro benzene ring substituents is 1. The third-order valence-corrected chi connectivity index (χ3v) is 3.68. The molecular formula is C13H18FN3O2. The number of nitrogens with zero attached hydrogens (tertiary/aromatic N) is 3. The quantitative estimate of drug-likeness (QED) is 0.620. The van der Waals surface area contributed by atoms with Crippen LogP contribution < -0.4 is 4.90 Å². The van der Waals surface area contributed by atoms with E-state index in [9.17, 15) is 14.5 Å². The molecule has 1 atom stereocenters. The number of hydrogen-bond acceptors (Lipinski definition) is 4. The Balaban J connectivity index is 2.14. The van der Waals surface area contributed by atoms with Gasteiger partial charge in [0.15, 0.2) is 0 Å². The van der Waals surface area contributed by atoms with Crippen LogP contribution in [0.1, 0.15) is 12.8 Å². The highest BCUT2D eigenvalue weighted by Crippen LogP contribution is 2.24. The van der Waals surface area contributed by atoms with E-state index in [0.717, 1.165) is 32.0 Å². The first-order valence-corrected chi connectivity index (χ1v) is 6.33. The maximum atomic E-state index is 13.4. The molecule has 1 aromatic rings. The van der Waals surface area contributed by atoms with Crippen molar-refractivity contribution < 1.29 is 9.31 Å². The van der Waals surface area contributed by atoms with Gasteiger partial charge in [-0.3, -0.25) is 10.1 Å². The molecule has 1 heterocycles. The van der Waals surface area contributed by atoms with E-state index in [0.29, 0.717) is 11.7 Å². The van der Waals surface area contributed by atoms with Crippen LogP contribution in [0.15, 0.2) is 18.2 Å². The van der Waals surface area contributed by atoms with Crippen LogP contribution in [-0.2, 0) is 0 Å². The van der Waals surface area contributed by atoms with Gasteiger partial charge in [0.1, 0.15) is 5.82 Å². The van der Waals surface area contributed by atoms with Crippen molar-refractivity contribution >= 4 is 11.4 Å². The Morgan fingerprint density at radius 3 is 2.84 bits per heavy atom. The summed E-state index contributed by atoms with van der Waals surface area (Å²) in [6.07, 6.45) is 2.27. The van der Waals surface area contributed by atoms with E-state index in [4.69, 9.17) is 0 Å². The van der Waals surface area contributed by atoms with Crippen LogP contribution in [-0.4, -0.2) is 43.0 Å². The molecule has 1 aliphatic heterocycles. The minimum atomic E-state index is -0.573. The van der Waals surface area contributed by atoms with Gasteiger partial charge in [-0.15, -0.1) is 0 Å². The summed E-state index contributed by atoms with van der Waals surface area (Å²) in [6.45, 7) is 1.82. The first-order valence-electron chi connectivity index (χ1n) is 6.33. The van der Waals surface area contributed by atoms with Crippen molar-refractivity contribution in [2.45, 2.75) is 18.9 Å². The Kier molecular flexibility index (Phi) is 3.99. The first kappa shape index (κ1) is 13.7. The highest BCUT2D eigenvalue weighted by atomic mass is 19.1. The minimum absolute atomic E-state index is 0.207. The van der Waals surface area contributed by atoms with Crippen LogP contribution in [0.2, 0.25) is 0 Å². The number of hydrogen-bond donors (Lipinski definition) is 0. The second-order valence-electron chi connectivity index (χ2n) is 5.08. The summed E-state index contributed by atoms with van der Waals surface area (Å²) in [6, 6.07) is 4.12. The topological polar surface area (TPSA) is 49.6 Å². The standard InChI is InChI=1S/C13H18FN3O2/c1-15-5-3-4-11(15)9-16(2)12-6-10(14)7-13(8-12)17(18)19/h6-8,11H,3-5,9H2,1-2H3. The molecule has 2 rings (SSSR count). The van der Waals surface area contributed by atoms with Crippen LogP contribution in [0, 0.1) is 15.9 Å². The van der Waals surface area contributed by atoms with Gasteiger partial charge in [0, 0.05) is 31.4 Å². The first-order chi connectivity index (χ1) is 8.97. The Bertz CT molecular complexity index is 481. The fourth-order valence-electron chi connectivity index (χ4n) is 2.52. The van der Waals surface area contributed by atoms with Gasteiger partial charge < -0.3 is 9.80 Å². The maximum absolute atomic E-state index is 13.4. The van der Waals surface area contributed by atoms with E-state index in [1.54, 1.807) is 0 Å². The van der Waals surface area contributed by atoms with E-state index < -0.39 is 10.7 Å². The third-order valence-electron chi connectivity index (χ3n) is 3.68. The molecular weight excluding hydrogens is 249 g/mol. The van der Waals surface area contributed by atoms with Gasteiger partial charge in [-0.25, -0.2) is 4.39 Å². The Morgan fingerprint density at radius 2 is 2.26 bits per heavy atom. The zero-order valence-corrected chi connectivity index (χ0v) is 11.2. The number of anilines is 1. The summed E-state index contributed by atoms with van der Waals surface area (Å²) in [5, 5.41) is 10.7. The van der Waals surface area contributed by atoms with Gasteiger partial charge in [-0.05, 0) is 32.5 Å². The van der Waals surface area contributed by atoms with Crippen LogP contribution in [0.4, 0.5) is 15.8 Å². The molecule has 1 saturated heterocycles. The Labute approximate surface area is 111 Å². The molecule has 0 bridgehead atoms. The van der Waals surface area contributed by atoms with Gasteiger partial charge in [0.25, 0.3) is 5.69 Å². The molecule has 6 heteroatoms. The highest BCUT2D eigenvalue weighted by Gasteiger charge is 2.23. The van der Waals surface area contributed by atoms with Crippen molar-refractivity contribution in [2.75, 3.05) is 32.1 Å². The molecule has 0 amide bonds. The van der Waals surface area contributed by atoms with Crippen LogP contribution in [0.25, 0.3) is 0 Å². The van der Waals surface area contributed by atoms with Gasteiger partial charge >= 0.3 is 0 Å². The highest BCUT2D eigenvalue weighted by molar-refractivity contribution is 5.53. The Hall–Kier alpha value is -1.69. The fourth-order valence-corrected chi connectivity index (χ4v) is 2.52. The molecule has 0 aromatic heterocycles. The molecule has 0 N–H and O–H groups in total. The number of non-ortho nitro benzene ring substituents is 1. The second kappa shape index (κ2) is 5.52. The number of nitro groups is 1. The molecule has 0 saturated carbocycles. The molecule has 0 radical (unpaired) electrons. The lowest BCUT2D eigenvalue weighted by Gasteiger charge is -2.27. The number of likely N-dealkylation sites (tertiary alicyclic amines) is 1. The lowest BCUT2D eigenvalue weighted by Crippen LogP contribution is -2.36. The molecule has 104 valence electrons. The SMILES string of the molecule is CN(CC1CCCN1C)c1cc(F)cc([N+](=O)[O-])c1. The summed E-state index contributed by atoms with van der Waals surface area (Å²) >= 11 is 0. The van der Waals surface area contributed by atoms with Crippen LogP contribution in [0.5, 0.6) is 0 Å². The van der Waals surface area contributed by atoms with Crippen molar-refractivity contribution in [1.82, 2.24) is 4.90 Å². The van der Waals surface area contributed by atoms with E-state index in [1.807, 2.05) is 11.9 Å². The summed E-state index contributed by atoms with van der Waals surface area (Å²) < 4.78 is 13.4. The van der Waals surface area contributed by atoms with E-state index >= 15 is 0 Å². The van der Waals surface area contributed by atoms with Gasteiger partial charge in [0.2, 0.25) is 0 Å².